The molecule has 4 rings (SSSR count). The first-order valence-electron chi connectivity index (χ1n) is 9.79. The fraction of sp³-hybridized carbons (Fsp3) is 0.227. The number of hydrogen-bond donors (Lipinski definition) is 1. The molecule has 3 aromatic rings. The van der Waals surface area contributed by atoms with Gasteiger partial charge in [0.05, 0.1) is 28.4 Å². The van der Waals surface area contributed by atoms with E-state index >= 15 is 0 Å². The van der Waals surface area contributed by atoms with Crippen molar-refractivity contribution >= 4 is 45.6 Å². The van der Waals surface area contributed by atoms with Crippen LogP contribution >= 0.6 is 22.9 Å². The van der Waals surface area contributed by atoms with Crippen molar-refractivity contribution in [2.24, 2.45) is 0 Å². The van der Waals surface area contributed by atoms with E-state index < -0.39 is 11.7 Å². The lowest BCUT2D eigenvalue weighted by atomic mass is 10.2. The van der Waals surface area contributed by atoms with Crippen molar-refractivity contribution in [2.75, 3.05) is 36.4 Å². The Bertz CT molecular complexity index is 1100. The van der Waals surface area contributed by atoms with Gasteiger partial charge >= 0.3 is 0 Å². The maximum Gasteiger partial charge on any atom is 0.260 e. The first-order chi connectivity index (χ1) is 15.0. The zero-order valence-electron chi connectivity index (χ0n) is 16.6. The number of aromatic nitrogens is 1. The predicted octanol–water partition coefficient (Wildman–Crippen LogP) is 4.08. The summed E-state index contributed by atoms with van der Waals surface area (Å²) in [6.45, 7) is 2.61. The highest BCUT2D eigenvalue weighted by Gasteiger charge is 2.23. The van der Waals surface area contributed by atoms with E-state index in [-0.39, 0.29) is 17.9 Å². The number of anilines is 2. The fourth-order valence-corrected chi connectivity index (χ4v) is 4.39. The van der Waals surface area contributed by atoms with Crippen molar-refractivity contribution in [3.8, 4) is 0 Å². The van der Waals surface area contributed by atoms with E-state index in [1.54, 1.807) is 11.4 Å². The van der Waals surface area contributed by atoms with Crippen molar-refractivity contribution in [3.05, 3.63) is 76.0 Å². The van der Waals surface area contributed by atoms with Crippen LogP contribution in [-0.2, 0) is 11.2 Å². The Kier molecular flexibility index (Phi) is 6.48. The van der Waals surface area contributed by atoms with E-state index in [0.717, 1.165) is 5.69 Å². The number of carbonyl (C=O) groups is 2. The topological polar surface area (TPSA) is 65.5 Å². The third kappa shape index (κ3) is 5.03. The van der Waals surface area contributed by atoms with Gasteiger partial charge in [0.1, 0.15) is 5.82 Å². The minimum atomic E-state index is -0.595. The second-order valence-corrected chi connectivity index (χ2v) is 8.34. The number of para-hydroxylation sites is 1. The van der Waals surface area contributed by atoms with Gasteiger partial charge in [-0.2, -0.15) is 0 Å². The molecular weight excluding hydrogens is 439 g/mol. The second kappa shape index (κ2) is 9.45. The highest BCUT2D eigenvalue weighted by atomic mass is 35.5. The Morgan fingerprint density at radius 3 is 2.52 bits per heavy atom. The van der Waals surface area contributed by atoms with E-state index in [4.69, 9.17) is 11.6 Å². The van der Waals surface area contributed by atoms with Crippen molar-refractivity contribution in [1.82, 2.24) is 9.88 Å². The van der Waals surface area contributed by atoms with Crippen LogP contribution in [0.2, 0.25) is 5.02 Å². The Labute approximate surface area is 188 Å². The van der Waals surface area contributed by atoms with Gasteiger partial charge in [0, 0.05) is 31.6 Å². The zero-order valence-corrected chi connectivity index (χ0v) is 18.1. The first kappa shape index (κ1) is 21.3. The summed E-state index contributed by atoms with van der Waals surface area (Å²) in [6.07, 6.45) is 0.151. The lowest BCUT2D eigenvalue weighted by Crippen LogP contribution is -2.49. The van der Waals surface area contributed by atoms with Crippen molar-refractivity contribution < 1.29 is 14.0 Å². The Hall–Kier alpha value is -2.97. The molecule has 0 bridgehead atoms. The summed E-state index contributed by atoms with van der Waals surface area (Å²) >= 11 is 7.48. The van der Waals surface area contributed by atoms with Crippen LogP contribution in [-0.4, -0.2) is 47.9 Å². The number of piperazine rings is 1. The molecule has 1 aromatic heterocycles. The largest absolute Gasteiger partial charge is 0.367 e. The van der Waals surface area contributed by atoms with Gasteiger partial charge in [-0.05, 0) is 24.3 Å². The van der Waals surface area contributed by atoms with Gasteiger partial charge in [-0.1, -0.05) is 35.9 Å². The van der Waals surface area contributed by atoms with Gasteiger partial charge in [-0.3, -0.25) is 14.9 Å². The normalized spacial score (nSPS) is 13.9. The van der Waals surface area contributed by atoms with E-state index in [1.807, 2.05) is 29.2 Å². The molecule has 9 heteroatoms. The molecule has 2 heterocycles. The number of halogens is 2. The highest BCUT2D eigenvalue weighted by molar-refractivity contribution is 7.14. The highest BCUT2D eigenvalue weighted by Crippen LogP contribution is 2.26. The summed E-state index contributed by atoms with van der Waals surface area (Å²) < 4.78 is 13.7. The van der Waals surface area contributed by atoms with Gasteiger partial charge in [0.25, 0.3) is 5.91 Å². The van der Waals surface area contributed by atoms with Gasteiger partial charge in [-0.15, -0.1) is 11.3 Å². The second-order valence-electron chi connectivity index (χ2n) is 7.07. The van der Waals surface area contributed by atoms with E-state index in [0.29, 0.717) is 42.0 Å². The van der Waals surface area contributed by atoms with Crippen LogP contribution in [0.4, 0.5) is 15.2 Å². The number of benzene rings is 2. The minimum Gasteiger partial charge on any atom is -0.367 e. The molecule has 1 N–H and O–H groups in total. The lowest BCUT2D eigenvalue weighted by molar-refractivity contribution is -0.130. The first-order valence-corrected chi connectivity index (χ1v) is 11.0. The smallest absolute Gasteiger partial charge is 0.260 e. The standard InChI is InChI=1S/C22H20ClFN4O2S/c23-17-6-2-4-8-19(17)27-9-11-28(12-10-27)20(29)13-15-14-31-22(25-15)26-21(30)16-5-1-3-7-18(16)24/h1-8,14H,9-13H2,(H,25,26,30). The van der Waals surface area contributed by atoms with Crippen LogP contribution in [0.5, 0.6) is 0 Å². The number of carbonyl (C=O) groups excluding carboxylic acids is 2. The minimum absolute atomic E-state index is 0.0175. The summed E-state index contributed by atoms with van der Waals surface area (Å²) in [5.74, 6) is -1.18. The van der Waals surface area contributed by atoms with Crippen LogP contribution in [0.15, 0.2) is 53.9 Å². The molecule has 1 saturated heterocycles. The quantitative estimate of drug-likeness (QED) is 0.625. The average Bonchev–Trinajstić information content (AvgIpc) is 3.21. The van der Waals surface area contributed by atoms with Crippen molar-refractivity contribution in [1.29, 1.82) is 0 Å². The van der Waals surface area contributed by atoms with E-state index in [1.165, 1.54) is 29.5 Å². The van der Waals surface area contributed by atoms with E-state index in [2.05, 4.69) is 15.2 Å². The molecule has 0 aliphatic carbocycles. The number of rotatable bonds is 5. The predicted molar refractivity (Wildman–Crippen MR) is 120 cm³/mol. The molecule has 160 valence electrons. The van der Waals surface area contributed by atoms with Crippen molar-refractivity contribution in [2.45, 2.75) is 6.42 Å². The van der Waals surface area contributed by atoms with Crippen LogP contribution in [0.1, 0.15) is 16.1 Å². The summed E-state index contributed by atoms with van der Waals surface area (Å²) in [5, 5.41) is 5.35. The molecule has 0 radical (unpaired) electrons. The van der Waals surface area contributed by atoms with Gasteiger partial charge in [-0.25, -0.2) is 9.37 Å². The van der Waals surface area contributed by atoms with Crippen LogP contribution in [0.25, 0.3) is 0 Å². The molecule has 1 aliphatic heterocycles. The SMILES string of the molecule is O=C(Nc1nc(CC(=O)N2CCN(c3ccccc3Cl)CC2)cs1)c1ccccc1F. The zero-order chi connectivity index (χ0) is 21.8. The van der Waals surface area contributed by atoms with Gasteiger partial charge in [0.2, 0.25) is 5.91 Å². The van der Waals surface area contributed by atoms with Crippen LogP contribution in [0.3, 0.4) is 0 Å². The molecule has 2 aromatic carbocycles. The monoisotopic (exact) mass is 458 g/mol. The van der Waals surface area contributed by atoms with Crippen LogP contribution in [0, 0.1) is 5.82 Å². The number of hydrogen-bond acceptors (Lipinski definition) is 5. The summed E-state index contributed by atoms with van der Waals surface area (Å²) in [6, 6.07) is 13.4. The maximum atomic E-state index is 13.7. The summed E-state index contributed by atoms with van der Waals surface area (Å²) in [5.41, 5.74) is 1.50. The maximum absolute atomic E-state index is 13.7. The molecule has 1 fully saturated rings. The van der Waals surface area contributed by atoms with Gasteiger partial charge < -0.3 is 9.80 Å². The van der Waals surface area contributed by atoms with Crippen molar-refractivity contribution in [3.63, 3.8) is 0 Å². The third-order valence-corrected chi connectivity index (χ3v) is 6.17. The van der Waals surface area contributed by atoms with Crippen LogP contribution < -0.4 is 10.2 Å². The molecule has 0 spiro atoms. The van der Waals surface area contributed by atoms with Gasteiger partial charge in [0.15, 0.2) is 5.13 Å². The molecule has 0 saturated carbocycles. The fourth-order valence-electron chi connectivity index (χ4n) is 3.43. The molecular formula is C22H20ClFN4O2S. The molecule has 2 amide bonds. The number of nitrogens with zero attached hydrogens (tertiary/aromatic N) is 3. The lowest BCUT2D eigenvalue weighted by Gasteiger charge is -2.36. The molecule has 31 heavy (non-hydrogen) atoms. The average molecular weight is 459 g/mol. The Morgan fingerprint density at radius 2 is 1.77 bits per heavy atom. The summed E-state index contributed by atoms with van der Waals surface area (Å²) in [7, 11) is 0. The number of amides is 2. The Balaban J connectivity index is 1.31. The number of thiazole rings is 1. The van der Waals surface area contributed by atoms with E-state index in [9.17, 15) is 14.0 Å². The third-order valence-electron chi connectivity index (χ3n) is 5.05. The molecule has 6 nitrogen and oxygen atoms in total. The summed E-state index contributed by atoms with van der Waals surface area (Å²) in [4.78, 5) is 33.2. The molecule has 0 atom stereocenters. The number of nitrogens with one attached hydrogen (secondary N) is 1. The Morgan fingerprint density at radius 1 is 1.06 bits per heavy atom. The molecule has 1 aliphatic rings. The molecule has 0 unspecified atom stereocenters.